The van der Waals surface area contributed by atoms with Gasteiger partial charge in [-0.3, -0.25) is 4.79 Å². The second-order valence-corrected chi connectivity index (χ2v) is 12.0. The van der Waals surface area contributed by atoms with Gasteiger partial charge in [-0.25, -0.2) is 8.42 Å². The Balaban J connectivity index is 1.58. The number of thioether (sulfide) groups is 1. The van der Waals surface area contributed by atoms with E-state index in [4.69, 9.17) is 16.3 Å². The summed E-state index contributed by atoms with van der Waals surface area (Å²) in [6.07, 6.45) is 1.72. The first kappa shape index (κ1) is 20.8. The molecular formula is C22H21ClN2O4S2. The molecule has 2 heterocycles. The van der Waals surface area contributed by atoms with Crippen LogP contribution in [0, 0.1) is 12.8 Å². The first-order valence-corrected chi connectivity index (χ1v) is 13.2. The normalized spacial score (nSPS) is 25.6. The van der Waals surface area contributed by atoms with E-state index in [2.05, 4.69) is 4.99 Å². The van der Waals surface area contributed by atoms with Crippen LogP contribution in [0.5, 0.6) is 11.5 Å². The average molecular weight is 477 g/mol. The van der Waals surface area contributed by atoms with Gasteiger partial charge >= 0.3 is 0 Å². The van der Waals surface area contributed by atoms with Gasteiger partial charge in [-0.05, 0) is 55.7 Å². The third-order valence-corrected chi connectivity index (χ3v) is 9.04. The Kier molecular flexibility index (Phi) is 5.27. The van der Waals surface area contributed by atoms with E-state index in [0.29, 0.717) is 27.4 Å². The van der Waals surface area contributed by atoms with Gasteiger partial charge in [0, 0.05) is 16.2 Å². The molecule has 3 aliphatic rings. The van der Waals surface area contributed by atoms with Crippen molar-refractivity contribution >= 4 is 50.0 Å². The number of carbonyl (C=O) groups is 1. The number of anilines is 1. The van der Waals surface area contributed by atoms with E-state index >= 15 is 0 Å². The molecule has 0 aromatic heterocycles. The second-order valence-electron chi connectivity index (χ2n) is 8.21. The summed E-state index contributed by atoms with van der Waals surface area (Å²) < 4.78 is 30.9. The standard InChI is InChI=1S/C22H21ClN2O4S2/c1-13-3-2-4-16(9-13)29-19-8-7-15(23)10-17(19)25-18-11-31(27,28)12-20(18)30-22(25)24-21(26)14-5-6-14/h2-4,7-10,14,18,20H,5-6,11-12H2,1H3/t18-,20+/m1/s1. The highest BCUT2D eigenvalue weighted by Gasteiger charge is 2.50. The Labute approximate surface area is 190 Å². The number of amidine groups is 1. The first-order chi connectivity index (χ1) is 14.8. The van der Waals surface area contributed by atoms with Crippen LogP contribution in [0.3, 0.4) is 0 Å². The summed E-state index contributed by atoms with van der Waals surface area (Å²) in [5, 5.41) is 0.841. The molecule has 2 atom stereocenters. The lowest BCUT2D eigenvalue weighted by atomic mass is 10.2. The van der Waals surface area contributed by atoms with Crippen LogP contribution in [0.1, 0.15) is 18.4 Å². The number of ether oxygens (including phenoxy) is 1. The van der Waals surface area contributed by atoms with Gasteiger partial charge < -0.3 is 9.64 Å². The number of benzene rings is 2. The fraction of sp³-hybridized carbons (Fsp3) is 0.364. The van der Waals surface area contributed by atoms with Crippen LogP contribution in [-0.4, -0.2) is 42.3 Å². The summed E-state index contributed by atoms with van der Waals surface area (Å²) in [5.74, 6) is 1.13. The number of carbonyl (C=O) groups excluding carboxylic acids is 1. The molecule has 2 aromatic rings. The summed E-state index contributed by atoms with van der Waals surface area (Å²) in [4.78, 5) is 18.7. The van der Waals surface area contributed by atoms with Crippen LogP contribution in [0.25, 0.3) is 0 Å². The van der Waals surface area contributed by atoms with Crippen LogP contribution < -0.4 is 9.64 Å². The molecule has 6 nitrogen and oxygen atoms in total. The number of rotatable bonds is 4. The Morgan fingerprint density at radius 2 is 2.00 bits per heavy atom. The summed E-state index contributed by atoms with van der Waals surface area (Å²) in [6, 6.07) is 12.6. The van der Waals surface area contributed by atoms with E-state index in [-0.39, 0.29) is 34.6 Å². The highest BCUT2D eigenvalue weighted by Crippen LogP contribution is 2.46. The number of fused-ring (bicyclic) bond motifs is 1. The van der Waals surface area contributed by atoms with Gasteiger partial charge in [0.05, 0.1) is 23.2 Å². The van der Waals surface area contributed by atoms with Gasteiger partial charge in [-0.15, -0.1) is 0 Å². The third kappa shape index (κ3) is 4.33. The molecular weight excluding hydrogens is 456 g/mol. The minimum atomic E-state index is -3.17. The predicted molar refractivity (Wildman–Crippen MR) is 124 cm³/mol. The van der Waals surface area contributed by atoms with Gasteiger partial charge in [0.25, 0.3) is 5.91 Å². The van der Waals surface area contributed by atoms with E-state index in [0.717, 1.165) is 18.4 Å². The Morgan fingerprint density at radius 3 is 2.74 bits per heavy atom. The molecule has 3 fully saturated rings. The number of amides is 1. The Morgan fingerprint density at radius 1 is 1.19 bits per heavy atom. The van der Waals surface area contributed by atoms with Crippen LogP contribution in [0.2, 0.25) is 5.02 Å². The molecule has 162 valence electrons. The van der Waals surface area contributed by atoms with Crippen LogP contribution in [0.15, 0.2) is 47.5 Å². The van der Waals surface area contributed by atoms with E-state index in [1.54, 1.807) is 18.2 Å². The maximum Gasteiger partial charge on any atom is 0.251 e. The van der Waals surface area contributed by atoms with Gasteiger partial charge in [0.15, 0.2) is 20.8 Å². The van der Waals surface area contributed by atoms with Crippen molar-refractivity contribution < 1.29 is 17.9 Å². The van der Waals surface area contributed by atoms with Crippen molar-refractivity contribution in [3.63, 3.8) is 0 Å². The van der Waals surface area contributed by atoms with Gasteiger partial charge in [0.2, 0.25) is 0 Å². The summed E-state index contributed by atoms with van der Waals surface area (Å²) >= 11 is 7.68. The van der Waals surface area contributed by atoms with Crippen LogP contribution in [-0.2, 0) is 14.6 Å². The molecule has 0 radical (unpaired) electrons. The van der Waals surface area contributed by atoms with E-state index < -0.39 is 9.84 Å². The first-order valence-electron chi connectivity index (χ1n) is 10.1. The molecule has 31 heavy (non-hydrogen) atoms. The SMILES string of the molecule is Cc1cccc(Oc2ccc(Cl)cc2N2C(=NC(=O)C3CC3)S[C@H]3CS(=O)(=O)C[C@H]32)c1. The zero-order valence-corrected chi connectivity index (χ0v) is 19.2. The van der Waals surface area contributed by atoms with Crippen molar-refractivity contribution in [3.8, 4) is 11.5 Å². The van der Waals surface area contributed by atoms with E-state index in [9.17, 15) is 13.2 Å². The minimum Gasteiger partial charge on any atom is -0.455 e. The summed E-state index contributed by atoms with van der Waals surface area (Å²) in [7, 11) is -3.17. The number of aryl methyl sites for hydroxylation is 1. The van der Waals surface area contributed by atoms with Crippen LogP contribution >= 0.6 is 23.4 Å². The summed E-state index contributed by atoms with van der Waals surface area (Å²) in [5.41, 5.74) is 1.68. The average Bonchev–Trinajstić information content (AvgIpc) is 3.44. The fourth-order valence-electron chi connectivity index (χ4n) is 3.93. The zero-order chi connectivity index (χ0) is 21.8. The molecule has 0 unspecified atom stereocenters. The Hall–Kier alpha value is -2.03. The zero-order valence-electron chi connectivity index (χ0n) is 16.8. The lowest BCUT2D eigenvalue weighted by molar-refractivity contribution is -0.118. The molecule has 2 aliphatic heterocycles. The lowest BCUT2D eigenvalue weighted by Gasteiger charge is -2.27. The monoisotopic (exact) mass is 476 g/mol. The third-order valence-electron chi connectivity index (χ3n) is 5.60. The smallest absolute Gasteiger partial charge is 0.251 e. The molecule has 2 saturated heterocycles. The molecule has 9 heteroatoms. The summed E-state index contributed by atoms with van der Waals surface area (Å²) in [6.45, 7) is 1.98. The topological polar surface area (TPSA) is 76.0 Å². The number of nitrogens with zero attached hydrogens (tertiary/aromatic N) is 2. The van der Waals surface area contributed by atoms with Crippen molar-refractivity contribution in [1.82, 2.24) is 0 Å². The quantitative estimate of drug-likeness (QED) is 0.648. The van der Waals surface area contributed by atoms with Crippen molar-refractivity contribution in [2.45, 2.75) is 31.1 Å². The number of hydrogen-bond donors (Lipinski definition) is 0. The van der Waals surface area contributed by atoms with Crippen molar-refractivity contribution in [2.75, 3.05) is 16.4 Å². The maximum atomic E-state index is 12.5. The number of halogens is 1. The molecule has 0 N–H and O–H groups in total. The second kappa shape index (κ2) is 7.83. The maximum absolute atomic E-state index is 12.5. The van der Waals surface area contributed by atoms with Gasteiger partial charge in [0.1, 0.15) is 5.75 Å². The fourth-order valence-corrected chi connectivity index (χ4v) is 8.01. The Bertz CT molecular complexity index is 1190. The number of hydrogen-bond acceptors (Lipinski definition) is 5. The van der Waals surface area contributed by atoms with Crippen molar-refractivity contribution in [3.05, 3.63) is 53.1 Å². The molecule has 5 rings (SSSR count). The highest BCUT2D eigenvalue weighted by molar-refractivity contribution is 8.16. The largest absolute Gasteiger partial charge is 0.455 e. The van der Waals surface area contributed by atoms with E-state index in [1.165, 1.54) is 11.8 Å². The molecule has 2 aromatic carbocycles. The van der Waals surface area contributed by atoms with Crippen molar-refractivity contribution in [2.24, 2.45) is 10.9 Å². The van der Waals surface area contributed by atoms with Gasteiger partial charge in [-0.2, -0.15) is 4.99 Å². The van der Waals surface area contributed by atoms with E-state index in [1.807, 2.05) is 36.1 Å². The number of sulfone groups is 1. The highest BCUT2D eigenvalue weighted by atomic mass is 35.5. The van der Waals surface area contributed by atoms with Gasteiger partial charge in [-0.1, -0.05) is 35.5 Å². The van der Waals surface area contributed by atoms with Crippen LogP contribution in [0.4, 0.5) is 5.69 Å². The lowest BCUT2D eigenvalue weighted by Crippen LogP contribution is -2.38. The molecule has 0 bridgehead atoms. The predicted octanol–water partition coefficient (Wildman–Crippen LogP) is 4.45. The molecule has 1 amide bonds. The minimum absolute atomic E-state index is 0.0116. The van der Waals surface area contributed by atoms with Crippen molar-refractivity contribution in [1.29, 1.82) is 0 Å². The molecule has 1 aliphatic carbocycles. The molecule has 0 spiro atoms. The number of aliphatic imine (C=N–C) groups is 1. The molecule has 1 saturated carbocycles.